The Labute approximate surface area is 111 Å². The summed E-state index contributed by atoms with van der Waals surface area (Å²) < 4.78 is 70.7. The molecule has 0 bridgehead atoms. The van der Waals surface area contributed by atoms with Crippen LogP contribution in [-0.2, 0) is 9.53 Å². The molecule has 0 aromatic heterocycles. The van der Waals surface area contributed by atoms with E-state index in [4.69, 9.17) is 0 Å². The van der Waals surface area contributed by atoms with Crippen molar-refractivity contribution in [2.45, 2.75) is 13.3 Å². The molecule has 0 N–H and O–H groups in total. The number of carbonyl (C=O) groups excluding carboxylic acids is 1. The summed E-state index contributed by atoms with van der Waals surface area (Å²) in [6.45, 7) is 0.923. The molecule has 0 atom stereocenters. The van der Waals surface area contributed by atoms with Gasteiger partial charge in [-0.3, -0.25) is 4.79 Å². The lowest BCUT2D eigenvalue weighted by Crippen LogP contribution is -2.33. The molecule has 20 heavy (non-hydrogen) atoms. The Morgan fingerprint density at radius 1 is 1.00 bits per heavy atom. The first-order chi connectivity index (χ1) is 9.34. The molecule has 0 aliphatic carbocycles. The molecule has 0 spiro atoms. The van der Waals surface area contributed by atoms with Crippen LogP contribution in [0.5, 0.6) is 0 Å². The van der Waals surface area contributed by atoms with Crippen molar-refractivity contribution in [1.82, 2.24) is 0 Å². The van der Waals surface area contributed by atoms with Gasteiger partial charge in [0.05, 0.1) is 7.11 Å². The van der Waals surface area contributed by atoms with E-state index < -0.39 is 47.3 Å². The number of anilines is 1. The molecule has 0 heterocycles. The van der Waals surface area contributed by atoms with Gasteiger partial charge in [0.15, 0.2) is 23.3 Å². The standard InChI is InChI=1S/C12H12F5NO2/c1-3-4-18(5-6(19)20-2)12-10(16)8(14)7(13)9(15)11(12)17/h3-5H2,1-2H3. The van der Waals surface area contributed by atoms with Crippen LogP contribution in [0.15, 0.2) is 0 Å². The highest BCUT2D eigenvalue weighted by molar-refractivity contribution is 5.76. The average molecular weight is 297 g/mol. The predicted octanol–water partition coefficient (Wildman–Crippen LogP) is 2.77. The fourth-order valence-electron chi connectivity index (χ4n) is 1.63. The molecule has 112 valence electrons. The Morgan fingerprint density at radius 3 is 1.85 bits per heavy atom. The summed E-state index contributed by atoms with van der Waals surface area (Å²) in [6.07, 6.45) is 0.330. The van der Waals surface area contributed by atoms with Crippen LogP contribution in [0.4, 0.5) is 27.6 Å². The van der Waals surface area contributed by atoms with Crippen molar-refractivity contribution < 1.29 is 31.5 Å². The molecule has 1 rings (SSSR count). The fourth-order valence-corrected chi connectivity index (χ4v) is 1.63. The maximum atomic E-state index is 13.6. The van der Waals surface area contributed by atoms with Gasteiger partial charge in [-0.25, -0.2) is 22.0 Å². The highest BCUT2D eigenvalue weighted by atomic mass is 19.2. The second-order valence-electron chi connectivity index (χ2n) is 3.92. The van der Waals surface area contributed by atoms with E-state index in [0.29, 0.717) is 6.42 Å². The van der Waals surface area contributed by atoms with Gasteiger partial charge in [0.1, 0.15) is 12.2 Å². The third-order valence-corrected chi connectivity index (χ3v) is 2.54. The van der Waals surface area contributed by atoms with Crippen LogP contribution in [0.25, 0.3) is 0 Å². The molecule has 0 saturated carbocycles. The van der Waals surface area contributed by atoms with E-state index in [1.165, 1.54) is 0 Å². The molecule has 1 aromatic rings. The number of halogens is 5. The van der Waals surface area contributed by atoms with E-state index in [1.54, 1.807) is 6.92 Å². The topological polar surface area (TPSA) is 29.5 Å². The first-order valence-corrected chi connectivity index (χ1v) is 5.68. The van der Waals surface area contributed by atoms with E-state index in [0.717, 1.165) is 12.0 Å². The minimum Gasteiger partial charge on any atom is -0.468 e. The molecule has 1 aromatic carbocycles. The van der Waals surface area contributed by atoms with Gasteiger partial charge in [-0.2, -0.15) is 0 Å². The van der Waals surface area contributed by atoms with Crippen molar-refractivity contribution in [2.75, 3.05) is 25.1 Å². The molecule has 0 fully saturated rings. The zero-order valence-corrected chi connectivity index (χ0v) is 10.8. The van der Waals surface area contributed by atoms with Gasteiger partial charge in [-0.05, 0) is 6.42 Å². The zero-order chi connectivity index (χ0) is 15.4. The van der Waals surface area contributed by atoms with Gasteiger partial charge in [-0.1, -0.05) is 6.92 Å². The predicted molar refractivity (Wildman–Crippen MR) is 60.8 cm³/mol. The Kier molecular flexibility index (Phi) is 5.29. The van der Waals surface area contributed by atoms with E-state index in [1.807, 2.05) is 0 Å². The van der Waals surface area contributed by atoms with Gasteiger partial charge in [0, 0.05) is 6.54 Å². The maximum Gasteiger partial charge on any atom is 0.325 e. The van der Waals surface area contributed by atoms with Crippen molar-refractivity contribution in [2.24, 2.45) is 0 Å². The summed E-state index contributed by atoms with van der Waals surface area (Å²) in [4.78, 5) is 11.9. The highest BCUT2D eigenvalue weighted by Gasteiger charge is 2.29. The normalized spacial score (nSPS) is 10.6. The zero-order valence-electron chi connectivity index (χ0n) is 10.8. The van der Waals surface area contributed by atoms with Crippen molar-refractivity contribution in [3.8, 4) is 0 Å². The van der Waals surface area contributed by atoms with Gasteiger partial charge in [0.25, 0.3) is 0 Å². The number of hydrogen-bond acceptors (Lipinski definition) is 3. The largest absolute Gasteiger partial charge is 0.468 e. The molecule has 0 aliphatic rings. The van der Waals surface area contributed by atoms with Crippen LogP contribution in [0.1, 0.15) is 13.3 Å². The van der Waals surface area contributed by atoms with Gasteiger partial charge >= 0.3 is 5.97 Å². The maximum absolute atomic E-state index is 13.6. The molecule has 0 radical (unpaired) electrons. The Balaban J connectivity index is 3.36. The van der Waals surface area contributed by atoms with Gasteiger partial charge in [-0.15, -0.1) is 0 Å². The summed E-state index contributed by atoms with van der Waals surface area (Å²) in [5.41, 5.74) is -1.13. The molecule has 8 heteroatoms. The monoisotopic (exact) mass is 297 g/mol. The minimum atomic E-state index is -2.24. The third kappa shape index (κ3) is 3.00. The Hall–Kier alpha value is -1.86. The molecule has 0 saturated heterocycles. The van der Waals surface area contributed by atoms with Crippen LogP contribution < -0.4 is 4.90 Å². The third-order valence-electron chi connectivity index (χ3n) is 2.54. The van der Waals surface area contributed by atoms with E-state index in [-0.39, 0.29) is 6.54 Å². The number of benzene rings is 1. The summed E-state index contributed by atoms with van der Waals surface area (Å²) in [7, 11) is 1.05. The average Bonchev–Trinajstić information content (AvgIpc) is 2.43. The lowest BCUT2D eigenvalue weighted by atomic mass is 10.2. The Bertz CT molecular complexity index is 492. The molecular weight excluding hydrogens is 285 g/mol. The molecule has 0 amide bonds. The van der Waals surface area contributed by atoms with Crippen LogP contribution >= 0.6 is 0 Å². The number of esters is 1. The molecule has 0 unspecified atom stereocenters. The highest BCUT2D eigenvalue weighted by Crippen LogP contribution is 2.30. The smallest absolute Gasteiger partial charge is 0.325 e. The summed E-state index contributed by atoms with van der Waals surface area (Å²) in [6, 6.07) is 0. The second-order valence-corrected chi connectivity index (χ2v) is 3.92. The molecule has 3 nitrogen and oxygen atoms in total. The summed E-state index contributed by atoms with van der Waals surface area (Å²) in [5, 5.41) is 0. The van der Waals surface area contributed by atoms with Crippen molar-refractivity contribution in [1.29, 1.82) is 0 Å². The quantitative estimate of drug-likeness (QED) is 0.362. The lowest BCUT2D eigenvalue weighted by Gasteiger charge is -2.24. The van der Waals surface area contributed by atoms with Crippen molar-refractivity contribution in [3.63, 3.8) is 0 Å². The summed E-state index contributed by atoms with van der Waals surface area (Å²) in [5.74, 6) is -11.1. The van der Waals surface area contributed by atoms with Crippen LogP contribution in [-0.4, -0.2) is 26.2 Å². The molecule has 0 aliphatic heterocycles. The Morgan fingerprint density at radius 2 is 1.45 bits per heavy atom. The van der Waals surface area contributed by atoms with E-state index in [2.05, 4.69) is 4.74 Å². The van der Waals surface area contributed by atoms with Crippen LogP contribution in [0.3, 0.4) is 0 Å². The molecular formula is C12H12F5NO2. The van der Waals surface area contributed by atoms with E-state index >= 15 is 0 Å². The first-order valence-electron chi connectivity index (χ1n) is 5.68. The van der Waals surface area contributed by atoms with Gasteiger partial charge in [0.2, 0.25) is 5.82 Å². The van der Waals surface area contributed by atoms with Gasteiger partial charge < -0.3 is 9.64 Å². The van der Waals surface area contributed by atoms with Crippen LogP contribution in [0.2, 0.25) is 0 Å². The minimum absolute atomic E-state index is 0.0759. The van der Waals surface area contributed by atoms with Crippen LogP contribution in [0, 0.1) is 29.1 Å². The summed E-state index contributed by atoms with van der Waals surface area (Å²) >= 11 is 0. The number of hydrogen-bond donors (Lipinski definition) is 0. The fraction of sp³-hybridized carbons (Fsp3) is 0.417. The number of carbonyl (C=O) groups is 1. The number of methoxy groups -OCH3 is 1. The SMILES string of the molecule is CCCN(CC(=O)OC)c1c(F)c(F)c(F)c(F)c1F. The number of ether oxygens (including phenoxy) is 1. The first kappa shape index (κ1) is 16.2. The van der Waals surface area contributed by atoms with E-state index in [9.17, 15) is 26.7 Å². The van der Waals surface area contributed by atoms with Crippen molar-refractivity contribution >= 4 is 11.7 Å². The lowest BCUT2D eigenvalue weighted by molar-refractivity contribution is -0.138. The van der Waals surface area contributed by atoms with Crippen molar-refractivity contribution in [3.05, 3.63) is 29.1 Å². The number of nitrogens with zero attached hydrogens (tertiary/aromatic N) is 1. The second kappa shape index (κ2) is 6.53. The number of rotatable bonds is 5.